The Bertz CT molecular complexity index is 796. The predicted octanol–water partition coefficient (Wildman–Crippen LogP) is 3.54. The van der Waals surface area contributed by atoms with E-state index in [-0.39, 0.29) is 24.7 Å². The van der Waals surface area contributed by atoms with Crippen molar-refractivity contribution in [3.8, 4) is 11.3 Å². The number of carbonyl (C=O) groups is 1. The van der Waals surface area contributed by atoms with Crippen molar-refractivity contribution in [2.75, 3.05) is 6.54 Å². The topological polar surface area (TPSA) is 62.5 Å². The summed E-state index contributed by atoms with van der Waals surface area (Å²) in [6, 6.07) is 11.2. The van der Waals surface area contributed by atoms with Crippen LogP contribution in [0.3, 0.4) is 0 Å². The Balaban J connectivity index is 1.52. The maximum atomic E-state index is 12.8. The number of rotatable bonds is 6. The number of thiophene rings is 1. The third kappa shape index (κ3) is 4.10. The lowest BCUT2D eigenvalue weighted by molar-refractivity contribution is -0.120. The second-order valence-electron chi connectivity index (χ2n) is 5.34. The summed E-state index contributed by atoms with van der Waals surface area (Å²) in [5.41, 5.74) is 1.67. The van der Waals surface area contributed by atoms with Crippen molar-refractivity contribution in [3.63, 3.8) is 0 Å². The maximum Gasteiger partial charge on any atom is 0.224 e. The van der Waals surface area contributed by atoms with Gasteiger partial charge in [-0.15, -0.1) is 0 Å². The fourth-order valence-electron chi connectivity index (χ4n) is 2.25. The summed E-state index contributed by atoms with van der Waals surface area (Å²) in [7, 11) is 0. The van der Waals surface area contributed by atoms with E-state index in [2.05, 4.69) is 5.32 Å². The standard InChI is InChI=1S/C18H16FNO3S/c19-14-3-1-12(2-4-14)9-18(22)20-10-15(21)17-6-5-16(23-17)13-7-8-24-11-13/h1-8,11,15,21H,9-10H2,(H,20,22)/t15-/m0/s1. The minimum atomic E-state index is -0.922. The zero-order chi connectivity index (χ0) is 16.9. The summed E-state index contributed by atoms with van der Waals surface area (Å²) < 4.78 is 18.4. The van der Waals surface area contributed by atoms with Crippen molar-refractivity contribution in [1.82, 2.24) is 5.32 Å². The number of nitrogens with one attached hydrogen (secondary N) is 1. The van der Waals surface area contributed by atoms with Crippen molar-refractivity contribution in [3.05, 3.63) is 70.4 Å². The van der Waals surface area contributed by atoms with Crippen molar-refractivity contribution >= 4 is 17.2 Å². The number of hydrogen-bond donors (Lipinski definition) is 2. The Hall–Kier alpha value is -2.44. The second kappa shape index (κ2) is 7.42. The molecule has 0 fully saturated rings. The molecule has 2 N–H and O–H groups in total. The van der Waals surface area contributed by atoms with E-state index >= 15 is 0 Å². The van der Waals surface area contributed by atoms with Gasteiger partial charge in [0, 0.05) is 10.9 Å². The number of furan rings is 1. The van der Waals surface area contributed by atoms with Gasteiger partial charge >= 0.3 is 0 Å². The van der Waals surface area contributed by atoms with Gasteiger partial charge in [0.2, 0.25) is 5.91 Å². The minimum absolute atomic E-state index is 0.0522. The molecule has 6 heteroatoms. The van der Waals surface area contributed by atoms with Crippen molar-refractivity contribution in [1.29, 1.82) is 0 Å². The molecule has 0 unspecified atom stereocenters. The van der Waals surface area contributed by atoms with Crippen LogP contribution in [-0.2, 0) is 11.2 Å². The second-order valence-corrected chi connectivity index (χ2v) is 6.12. The van der Waals surface area contributed by atoms with Gasteiger partial charge in [0.15, 0.2) is 0 Å². The molecule has 0 aliphatic carbocycles. The SMILES string of the molecule is O=C(Cc1ccc(F)cc1)NC[C@H](O)c1ccc(-c2ccsc2)o1. The highest BCUT2D eigenvalue weighted by atomic mass is 32.1. The Morgan fingerprint density at radius 3 is 2.71 bits per heavy atom. The molecule has 0 aliphatic heterocycles. The first kappa shape index (κ1) is 16.4. The number of aliphatic hydroxyl groups excluding tert-OH is 1. The Kier molecular flexibility index (Phi) is 5.08. The summed E-state index contributed by atoms with van der Waals surface area (Å²) in [6.07, 6.45) is -0.791. The van der Waals surface area contributed by atoms with Gasteiger partial charge in [0.25, 0.3) is 0 Å². The Morgan fingerprint density at radius 2 is 2.00 bits per heavy atom. The van der Waals surface area contributed by atoms with Crippen LogP contribution < -0.4 is 5.32 Å². The zero-order valence-corrected chi connectivity index (χ0v) is 13.6. The Morgan fingerprint density at radius 1 is 1.21 bits per heavy atom. The number of amides is 1. The monoisotopic (exact) mass is 345 g/mol. The average Bonchev–Trinajstić information content (AvgIpc) is 3.25. The molecule has 3 rings (SSSR count). The first-order valence-corrected chi connectivity index (χ1v) is 8.37. The zero-order valence-electron chi connectivity index (χ0n) is 12.7. The molecule has 0 saturated heterocycles. The summed E-state index contributed by atoms with van der Waals surface area (Å²) >= 11 is 1.57. The molecule has 0 spiro atoms. The van der Waals surface area contributed by atoms with Gasteiger partial charge in [0.1, 0.15) is 23.4 Å². The van der Waals surface area contributed by atoms with Gasteiger partial charge in [-0.25, -0.2) is 4.39 Å². The molecule has 24 heavy (non-hydrogen) atoms. The molecular formula is C18H16FNO3S. The van der Waals surface area contributed by atoms with E-state index in [0.29, 0.717) is 17.1 Å². The lowest BCUT2D eigenvalue weighted by Crippen LogP contribution is -2.29. The minimum Gasteiger partial charge on any atom is -0.458 e. The van der Waals surface area contributed by atoms with Crippen molar-refractivity contribution in [2.24, 2.45) is 0 Å². The van der Waals surface area contributed by atoms with Crippen molar-refractivity contribution < 1.29 is 18.7 Å². The van der Waals surface area contributed by atoms with Gasteiger partial charge in [-0.3, -0.25) is 4.79 Å². The molecule has 2 aromatic heterocycles. The highest BCUT2D eigenvalue weighted by Crippen LogP contribution is 2.26. The van der Waals surface area contributed by atoms with Crippen LogP contribution in [0.1, 0.15) is 17.4 Å². The lowest BCUT2D eigenvalue weighted by Gasteiger charge is -2.10. The first-order valence-electron chi connectivity index (χ1n) is 7.43. The maximum absolute atomic E-state index is 12.8. The lowest BCUT2D eigenvalue weighted by atomic mass is 10.1. The van der Waals surface area contributed by atoms with E-state index in [1.807, 2.05) is 16.8 Å². The normalized spacial score (nSPS) is 12.1. The largest absolute Gasteiger partial charge is 0.458 e. The molecule has 4 nitrogen and oxygen atoms in total. The fraction of sp³-hybridized carbons (Fsp3) is 0.167. The van der Waals surface area contributed by atoms with Gasteiger partial charge < -0.3 is 14.8 Å². The number of aliphatic hydroxyl groups is 1. The molecule has 1 amide bonds. The molecule has 0 saturated carbocycles. The van der Waals surface area contributed by atoms with Crippen LogP contribution in [0.2, 0.25) is 0 Å². The summed E-state index contributed by atoms with van der Waals surface area (Å²) in [6.45, 7) is 0.0522. The Labute approximate surface area is 142 Å². The number of benzene rings is 1. The van der Waals surface area contributed by atoms with Crippen LogP contribution in [0.4, 0.5) is 4.39 Å². The van der Waals surface area contributed by atoms with Gasteiger partial charge in [0.05, 0.1) is 13.0 Å². The van der Waals surface area contributed by atoms with Crippen LogP contribution in [0.5, 0.6) is 0 Å². The molecule has 1 aromatic carbocycles. The fourth-order valence-corrected chi connectivity index (χ4v) is 2.90. The third-order valence-corrected chi connectivity index (χ3v) is 4.21. The quantitative estimate of drug-likeness (QED) is 0.718. The van der Waals surface area contributed by atoms with E-state index in [4.69, 9.17) is 4.42 Å². The van der Waals surface area contributed by atoms with Crippen LogP contribution in [-0.4, -0.2) is 17.6 Å². The summed E-state index contributed by atoms with van der Waals surface area (Å²) in [5.74, 6) is 0.500. The molecule has 2 heterocycles. The number of halogens is 1. The smallest absolute Gasteiger partial charge is 0.224 e. The highest BCUT2D eigenvalue weighted by molar-refractivity contribution is 7.08. The average molecular weight is 345 g/mol. The van der Waals surface area contributed by atoms with E-state index in [1.165, 1.54) is 12.1 Å². The molecule has 124 valence electrons. The number of carbonyl (C=O) groups excluding carboxylic acids is 1. The highest BCUT2D eigenvalue weighted by Gasteiger charge is 2.15. The molecule has 0 radical (unpaired) electrons. The third-order valence-electron chi connectivity index (χ3n) is 3.53. The predicted molar refractivity (Wildman–Crippen MR) is 90.1 cm³/mol. The van der Waals surface area contributed by atoms with Gasteiger partial charge in [-0.05, 0) is 41.3 Å². The van der Waals surface area contributed by atoms with E-state index in [0.717, 1.165) is 5.56 Å². The molecule has 0 aliphatic rings. The molecule has 0 bridgehead atoms. The van der Waals surface area contributed by atoms with Gasteiger partial charge in [-0.1, -0.05) is 12.1 Å². The summed E-state index contributed by atoms with van der Waals surface area (Å²) in [5, 5.41) is 16.7. The number of hydrogen-bond acceptors (Lipinski definition) is 4. The first-order chi connectivity index (χ1) is 11.6. The molecule has 1 atom stereocenters. The van der Waals surface area contributed by atoms with E-state index in [1.54, 1.807) is 35.6 Å². The van der Waals surface area contributed by atoms with Crippen molar-refractivity contribution in [2.45, 2.75) is 12.5 Å². The molecule has 3 aromatic rings. The van der Waals surface area contributed by atoms with Crippen LogP contribution >= 0.6 is 11.3 Å². The van der Waals surface area contributed by atoms with Crippen LogP contribution in [0, 0.1) is 5.82 Å². The molecular weight excluding hydrogens is 329 g/mol. The van der Waals surface area contributed by atoms with Crippen LogP contribution in [0.15, 0.2) is 57.6 Å². The van der Waals surface area contributed by atoms with Gasteiger partial charge in [-0.2, -0.15) is 11.3 Å². The van der Waals surface area contributed by atoms with Crippen LogP contribution in [0.25, 0.3) is 11.3 Å². The van der Waals surface area contributed by atoms with E-state index < -0.39 is 6.10 Å². The van der Waals surface area contributed by atoms with E-state index in [9.17, 15) is 14.3 Å². The summed E-state index contributed by atoms with van der Waals surface area (Å²) in [4.78, 5) is 11.9.